The molecule has 21 heavy (non-hydrogen) atoms. The van der Waals surface area contributed by atoms with Gasteiger partial charge in [0.25, 0.3) is 5.91 Å². The summed E-state index contributed by atoms with van der Waals surface area (Å²) >= 11 is 2.15. The Morgan fingerprint density at radius 3 is 2.57 bits per heavy atom. The van der Waals surface area contributed by atoms with E-state index in [1.165, 1.54) is 0 Å². The number of nitrogens with one attached hydrogen (secondary N) is 1. The monoisotopic (exact) mass is 397 g/mol. The van der Waals surface area contributed by atoms with Crippen molar-refractivity contribution in [3.05, 3.63) is 57.2 Å². The summed E-state index contributed by atoms with van der Waals surface area (Å²) in [5, 5.41) is 2.90. The minimum Gasteiger partial charge on any atom is -0.497 e. The molecule has 2 aromatic rings. The van der Waals surface area contributed by atoms with Crippen molar-refractivity contribution in [2.24, 2.45) is 0 Å². The van der Waals surface area contributed by atoms with Crippen molar-refractivity contribution < 1.29 is 14.3 Å². The van der Waals surface area contributed by atoms with Crippen LogP contribution in [0.1, 0.15) is 15.9 Å². The molecular formula is C16H16INO3. The molecule has 110 valence electrons. The average molecular weight is 397 g/mol. The predicted octanol–water partition coefficient (Wildman–Crippen LogP) is 3.24. The zero-order valence-electron chi connectivity index (χ0n) is 11.9. The van der Waals surface area contributed by atoms with Gasteiger partial charge in [-0.05, 0) is 52.9 Å². The summed E-state index contributed by atoms with van der Waals surface area (Å²) in [6.07, 6.45) is 0. The number of ether oxygens (including phenoxy) is 2. The van der Waals surface area contributed by atoms with Crippen molar-refractivity contribution in [1.82, 2.24) is 5.32 Å². The Labute approximate surface area is 137 Å². The quantitative estimate of drug-likeness (QED) is 0.789. The molecule has 0 bridgehead atoms. The smallest absolute Gasteiger partial charge is 0.252 e. The summed E-state index contributed by atoms with van der Waals surface area (Å²) in [5.41, 5.74) is 1.54. The molecule has 0 unspecified atom stereocenters. The number of carbonyl (C=O) groups excluding carboxylic acids is 1. The first-order valence-corrected chi connectivity index (χ1v) is 7.47. The maximum Gasteiger partial charge on any atom is 0.252 e. The molecule has 0 heterocycles. The third-order valence-electron chi connectivity index (χ3n) is 3.05. The first-order valence-electron chi connectivity index (χ1n) is 6.39. The summed E-state index contributed by atoms with van der Waals surface area (Å²) in [6.45, 7) is 0.379. The van der Waals surface area contributed by atoms with Gasteiger partial charge in [-0.15, -0.1) is 0 Å². The second kappa shape index (κ2) is 7.31. The minimum atomic E-state index is -0.107. The fraction of sp³-hybridized carbons (Fsp3) is 0.188. The second-order valence-corrected chi connectivity index (χ2v) is 5.50. The molecule has 0 aromatic heterocycles. The molecule has 0 atom stereocenters. The lowest BCUT2D eigenvalue weighted by Gasteiger charge is -2.12. The molecule has 0 saturated heterocycles. The van der Waals surface area contributed by atoms with Crippen LogP contribution < -0.4 is 14.8 Å². The zero-order valence-corrected chi connectivity index (χ0v) is 14.0. The summed E-state index contributed by atoms with van der Waals surface area (Å²) in [5.74, 6) is 1.35. The Bertz CT molecular complexity index is 643. The van der Waals surface area contributed by atoms with Gasteiger partial charge < -0.3 is 14.8 Å². The topological polar surface area (TPSA) is 47.6 Å². The molecule has 2 aromatic carbocycles. The van der Waals surface area contributed by atoms with Crippen molar-refractivity contribution in [3.8, 4) is 11.5 Å². The molecule has 0 spiro atoms. The third kappa shape index (κ3) is 3.87. The van der Waals surface area contributed by atoms with Crippen LogP contribution in [0.3, 0.4) is 0 Å². The van der Waals surface area contributed by atoms with E-state index in [9.17, 15) is 4.79 Å². The lowest BCUT2D eigenvalue weighted by Crippen LogP contribution is -2.23. The van der Waals surface area contributed by atoms with Gasteiger partial charge in [0.05, 0.1) is 19.8 Å². The largest absolute Gasteiger partial charge is 0.497 e. The summed E-state index contributed by atoms with van der Waals surface area (Å²) < 4.78 is 11.4. The molecule has 1 N–H and O–H groups in total. The van der Waals surface area contributed by atoms with Gasteiger partial charge >= 0.3 is 0 Å². The Hall–Kier alpha value is -1.76. The second-order valence-electron chi connectivity index (χ2n) is 4.34. The highest BCUT2D eigenvalue weighted by molar-refractivity contribution is 14.1. The van der Waals surface area contributed by atoms with Crippen LogP contribution in [0.5, 0.6) is 11.5 Å². The van der Waals surface area contributed by atoms with Crippen LogP contribution >= 0.6 is 22.6 Å². The standard InChI is InChI=1S/C16H16INO3/c1-20-12-7-8-15(21-2)11(9-12)10-18-16(19)13-5-3-4-6-14(13)17/h3-9H,10H2,1-2H3,(H,18,19). The molecule has 2 rings (SSSR count). The van der Waals surface area contributed by atoms with E-state index in [1.807, 2.05) is 36.4 Å². The Morgan fingerprint density at radius 1 is 1.14 bits per heavy atom. The molecule has 1 amide bonds. The fourth-order valence-corrected chi connectivity index (χ4v) is 2.57. The van der Waals surface area contributed by atoms with Gasteiger partial charge in [-0.25, -0.2) is 0 Å². The van der Waals surface area contributed by atoms with Crippen molar-refractivity contribution in [3.63, 3.8) is 0 Å². The molecular weight excluding hydrogens is 381 g/mol. The fourth-order valence-electron chi connectivity index (χ4n) is 1.94. The number of halogens is 1. The number of amides is 1. The lowest BCUT2D eigenvalue weighted by molar-refractivity contribution is 0.0949. The third-order valence-corrected chi connectivity index (χ3v) is 3.99. The number of methoxy groups -OCH3 is 2. The van der Waals surface area contributed by atoms with E-state index in [-0.39, 0.29) is 5.91 Å². The van der Waals surface area contributed by atoms with Crippen LogP contribution in [0.4, 0.5) is 0 Å². The maximum atomic E-state index is 12.2. The highest BCUT2D eigenvalue weighted by Gasteiger charge is 2.11. The van der Waals surface area contributed by atoms with Gasteiger partial charge in [-0.2, -0.15) is 0 Å². The molecule has 0 aliphatic rings. The number of rotatable bonds is 5. The predicted molar refractivity (Wildman–Crippen MR) is 89.9 cm³/mol. The van der Waals surface area contributed by atoms with E-state index in [4.69, 9.17) is 9.47 Å². The normalized spacial score (nSPS) is 10.0. The molecule has 0 aliphatic heterocycles. The van der Waals surface area contributed by atoms with Crippen LogP contribution in [0, 0.1) is 3.57 Å². The Balaban J connectivity index is 2.12. The van der Waals surface area contributed by atoms with Crippen molar-refractivity contribution >= 4 is 28.5 Å². The molecule has 0 saturated carbocycles. The number of carbonyl (C=O) groups is 1. The summed E-state index contributed by atoms with van der Waals surface area (Å²) in [6, 6.07) is 13.0. The maximum absolute atomic E-state index is 12.2. The summed E-state index contributed by atoms with van der Waals surface area (Å²) in [4.78, 5) is 12.2. The molecule has 5 heteroatoms. The van der Waals surface area contributed by atoms with Gasteiger partial charge in [-0.3, -0.25) is 4.79 Å². The van der Waals surface area contributed by atoms with Crippen LogP contribution in [0.15, 0.2) is 42.5 Å². The first-order chi connectivity index (χ1) is 10.2. The average Bonchev–Trinajstić information content (AvgIpc) is 2.52. The van der Waals surface area contributed by atoms with E-state index < -0.39 is 0 Å². The van der Waals surface area contributed by atoms with Gasteiger partial charge in [0, 0.05) is 15.7 Å². The van der Waals surface area contributed by atoms with E-state index in [2.05, 4.69) is 27.9 Å². The molecule has 0 radical (unpaired) electrons. The Kier molecular flexibility index (Phi) is 5.44. The minimum absolute atomic E-state index is 0.107. The molecule has 4 nitrogen and oxygen atoms in total. The van der Waals surface area contributed by atoms with Gasteiger partial charge in [0.1, 0.15) is 11.5 Å². The van der Waals surface area contributed by atoms with Crippen LogP contribution in [0.2, 0.25) is 0 Å². The van der Waals surface area contributed by atoms with Crippen molar-refractivity contribution in [1.29, 1.82) is 0 Å². The number of hydrogen-bond donors (Lipinski definition) is 1. The summed E-state index contributed by atoms with van der Waals surface area (Å²) in [7, 11) is 3.21. The van der Waals surface area contributed by atoms with E-state index in [0.29, 0.717) is 12.1 Å². The first kappa shape index (κ1) is 15.6. The lowest BCUT2D eigenvalue weighted by atomic mass is 10.1. The number of hydrogen-bond acceptors (Lipinski definition) is 3. The van der Waals surface area contributed by atoms with Crippen molar-refractivity contribution in [2.45, 2.75) is 6.54 Å². The molecule has 0 aliphatic carbocycles. The SMILES string of the molecule is COc1ccc(OC)c(CNC(=O)c2ccccc2I)c1. The van der Waals surface area contributed by atoms with Gasteiger partial charge in [0.2, 0.25) is 0 Å². The number of benzene rings is 2. The zero-order chi connectivity index (χ0) is 15.2. The van der Waals surface area contributed by atoms with E-state index in [1.54, 1.807) is 20.3 Å². The molecule has 0 fully saturated rings. The van der Waals surface area contributed by atoms with Crippen molar-refractivity contribution in [2.75, 3.05) is 14.2 Å². The van der Waals surface area contributed by atoms with E-state index in [0.717, 1.165) is 20.6 Å². The van der Waals surface area contributed by atoms with Crippen LogP contribution in [-0.4, -0.2) is 20.1 Å². The Morgan fingerprint density at radius 2 is 1.90 bits per heavy atom. The van der Waals surface area contributed by atoms with Gasteiger partial charge in [-0.1, -0.05) is 12.1 Å². The highest BCUT2D eigenvalue weighted by atomic mass is 127. The van der Waals surface area contributed by atoms with Crippen LogP contribution in [0.25, 0.3) is 0 Å². The highest BCUT2D eigenvalue weighted by Crippen LogP contribution is 2.24. The van der Waals surface area contributed by atoms with Gasteiger partial charge in [0.15, 0.2) is 0 Å². The van der Waals surface area contributed by atoms with Crippen LogP contribution in [-0.2, 0) is 6.54 Å². The van der Waals surface area contributed by atoms with E-state index >= 15 is 0 Å².